The SMILES string of the molecule is CCCOCCOCc1ccccc1C(=O)O. The molecule has 0 aliphatic rings. The van der Waals surface area contributed by atoms with Crippen molar-refractivity contribution in [2.45, 2.75) is 20.0 Å². The molecule has 1 aromatic rings. The summed E-state index contributed by atoms with van der Waals surface area (Å²) in [7, 11) is 0. The number of hydrogen-bond acceptors (Lipinski definition) is 3. The van der Waals surface area contributed by atoms with Gasteiger partial charge >= 0.3 is 5.97 Å². The maximum absolute atomic E-state index is 10.9. The molecule has 0 saturated carbocycles. The first-order valence-corrected chi connectivity index (χ1v) is 5.72. The number of hydrogen-bond donors (Lipinski definition) is 1. The van der Waals surface area contributed by atoms with Crippen LogP contribution in [0.15, 0.2) is 24.3 Å². The van der Waals surface area contributed by atoms with Gasteiger partial charge in [-0.25, -0.2) is 4.79 Å². The molecule has 0 aliphatic heterocycles. The van der Waals surface area contributed by atoms with Crippen molar-refractivity contribution < 1.29 is 19.4 Å². The number of carboxylic acid groups (broad SMARTS) is 1. The zero-order valence-corrected chi connectivity index (χ0v) is 10.0. The van der Waals surface area contributed by atoms with Gasteiger partial charge in [0, 0.05) is 6.61 Å². The summed E-state index contributed by atoms with van der Waals surface area (Å²) < 4.78 is 10.6. The highest BCUT2D eigenvalue weighted by Gasteiger charge is 2.08. The smallest absolute Gasteiger partial charge is 0.336 e. The average molecular weight is 238 g/mol. The van der Waals surface area contributed by atoms with Gasteiger partial charge < -0.3 is 14.6 Å². The number of ether oxygens (including phenoxy) is 2. The Hall–Kier alpha value is -1.39. The zero-order chi connectivity index (χ0) is 12.5. The lowest BCUT2D eigenvalue weighted by atomic mass is 10.1. The van der Waals surface area contributed by atoms with Crippen molar-refractivity contribution in [2.75, 3.05) is 19.8 Å². The van der Waals surface area contributed by atoms with Crippen LogP contribution in [0, 0.1) is 0 Å². The molecule has 0 bridgehead atoms. The number of carboxylic acids is 1. The molecule has 0 heterocycles. The van der Waals surface area contributed by atoms with Crippen molar-refractivity contribution in [1.29, 1.82) is 0 Å². The Morgan fingerprint density at radius 3 is 2.59 bits per heavy atom. The number of aromatic carboxylic acids is 1. The quantitative estimate of drug-likeness (QED) is 0.706. The summed E-state index contributed by atoms with van der Waals surface area (Å²) in [5.74, 6) is -0.925. The molecule has 0 spiro atoms. The summed E-state index contributed by atoms with van der Waals surface area (Å²) in [6, 6.07) is 6.85. The highest BCUT2D eigenvalue weighted by molar-refractivity contribution is 5.89. The summed E-state index contributed by atoms with van der Waals surface area (Å²) in [5, 5.41) is 8.96. The first kappa shape index (κ1) is 13.7. The van der Waals surface area contributed by atoms with Crippen LogP contribution >= 0.6 is 0 Å². The Morgan fingerprint density at radius 1 is 1.18 bits per heavy atom. The molecule has 0 amide bonds. The van der Waals surface area contributed by atoms with Gasteiger partial charge in [0.25, 0.3) is 0 Å². The van der Waals surface area contributed by atoms with Gasteiger partial charge in [-0.3, -0.25) is 0 Å². The fourth-order valence-electron chi connectivity index (χ4n) is 1.40. The summed E-state index contributed by atoms with van der Waals surface area (Å²) in [5.41, 5.74) is 0.984. The Labute approximate surface area is 101 Å². The molecular formula is C13H18O4. The molecular weight excluding hydrogens is 220 g/mol. The summed E-state index contributed by atoms with van der Waals surface area (Å²) >= 11 is 0. The fraction of sp³-hybridized carbons (Fsp3) is 0.462. The van der Waals surface area contributed by atoms with E-state index in [2.05, 4.69) is 0 Å². The Balaban J connectivity index is 2.34. The summed E-state index contributed by atoms with van der Waals surface area (Å²) in [6.45, 7) is 4.11. The molecule has 0 atom stereocenters. The summed E-state index contributed by atoms with van der Waals surface area (Å²) in [4.78, 5) is 10.9. The molecule has 4 nitrogen and oxygen atoms in total. The van der Waals surface area contributed by atoms with E-state index in [1.807, 2.05) is 6.92 Å². The highest BCUT2D eigenvalue weighted by atomic mass is 16.5. The van der Waals surface area contributed by atoms with Crippen LogP contribution in [0.3, 0.4) is 0 Å². The van der Waals surface area contributed by atoms with E-state index in [1.165, 1.54) is 0 Å². The largest absolute Gasteiger partial charge is 0.478 e. The lowest BCUT2D eigenvalue weighted by molar-refractivity contribution is 0.0401. The molecule has 0 radical (unpaired) electrons. The summed E-state index contributed by atoms with van der Waals surface area (Å²) in [6.07, 6.45) is 0.988. The van der Waals surface area contributed by atoms with Crippen molar-refractivity contribution in [3.63, 3.8) is 0 Å². The Bertz CT molecular complexity index is 349. The maximum atomic E-state index is 10.9. The lowest BCUT2D eigenvalue weighted by Gasteiger charge is -2.07. The van der Waals surface area contributed by atoms with Crippen LogP contribution in [-0.2, 0) is 16.1 Å². The monoisotopic (exact) mass is 238 g/mol. The van der Waals surface area contributed by atoms with Gasteiger partial charge in [0.2, 0.25) is 0 Å². The van der Waals surface area contributed by atoms with Crippen LogP contribution in [0.25, 0.3) is 0 Å². The van der Waals surface area contributed by atoms with Crippen LogP contribution in [0.4, 0.5) is 0 Å². The average Bonchev–Trinajstić information content (AvgIpc) is 2.34. The minimum absolute atomic E-state index is 0.293. The minimum Gasteiger partial charge on any atom is -0.478 e. The van der Waals surface area contributed by atoms with Crippen LogP contribution in [0.1, 0.15) is 29.3 Å². The maximum Gasteiger partial charge on any atom is 0.336 e. The predicted octanol–water partition coefficient (Wildman–Crippen LogP) is 2.33. The van der Waals surface area contributed by atoms with Gasteiger partial charge in [0.05, 0.1) is 25.4 Å². The second kappa shape index (κ2) is 7.81. The minimum atomic E-state index is -0.925. The first-order chi connectivity index (χ1) is 8.25. The molecule has 1 aromatic carbocycles. The fourth-order valence-corrected chi connectivity index (χ4v) is 1.40. The molecule has 94 valence electrons. The second-order valence-electron chi connectivity index (χ2n) is 3.63. The predicted molar refractivity (Wildman–Crippen MR) is 64.2 cm³/mol. The third-order valence-electron chi connectivity index (χ3n) is 2.23. The zero-order valence-electron chi connectivity index (χ0n) is 10.0. The molecule has 0 unspecified atom stereocenters. The number of carbonyl (C=O) groups is 1. The van der Waals surface area contributed by atoms with Gasteiger partial charge in [0.1, 0.15) is 0 Å². The van der Waals surface area contributed by atoms with Gasteiger partial charge in [-0.05, 0) is 18.1 Å². The number of benzene rings is 1. The van der Waals surface area contributed by atoms with Gasteiger partial charge in [-0.2, -0.15) is 0 Å². The van der Waals surface area contributed by atoms with Crippen LogP contribution in [0.5, 0.6) is 0 Å². The van der Waals surface area contributed by atoms with Crippen LogP contribution in [-0.4, -0.2) is 30.9 Å². The van der Waals surface area contributed by atoms with E-state index in [0.717, 1.165) is 13.0 Å². The molecule has 17 heavy (non-hydrogen) atoms. The first-order valence-electron chi connectivity index (χ1n) is 5.72. The number of rotatable bonds is 8. The van der Waals surface area contributed by atoms with Gasteiger partial charge in [0.15, 0.2) is 0 Å². The van der Waals surface area contributed by atoms with E-state index in [9.17, 15) is 4.79 Å². The van der Waals surface area contributed by atoms with Crippen molar-refractivity contribution in [3.05, 3.63) is 35.4 Å². The topological polar surface area (TPSA) is 55.8 Å². The van der Waals surface area contributed by atoms with Gasteiger partial charge in [-0.15, -0.1) is 0 Å². The highest BCUT2D eigenvalue weighted by Crippen LogP contribution is 2.09. The van der Waals surface area contributed by atoms with Crippen LogP contribution < -0.4 is 0 Å². The molecule has 0 saturated heterocycles. The van der Waals surface area contributed by atoms with Crippen molar-refractivity contribution in [3.8, 4) is 0 Å². The van der Waals surface area contributed by atoms with E-state index in [1.54, 1.807) is 24.3 Å². The lowest BCUT2D eigenvalue weighted by Crippen LogP contribution is -2.07. The second-order valence-corrected chi connectivity index (χ2v) is 3.63. The van der Waals surface area contributed by atoms with Crippen molar-refractivity contribution >= 4 is 5.97 Å². The Morgan fingerprint density at radius 2 is 1.88 bits per heavy atom. The third-order valence-corrected chi connectivity index (χ3v) is 2.23. The van der Waals surface area contributed by atoms with E-state index >= 15 is 0 Å². The van der Waals surface area contributed by atoms with E-state index < -0.39 is 5.97 Å². The standard InChI is InChI=1S/C13H18O4/c1-2-7-16-8-9-17-10-11-5-3-4-6-12(11)13(14)15/h3-6H,2,7-10H2,1H3,(H,14,15). The molecule has 1 rings (SSSR count). The molecule has 0 aliphatic carbocycles. The van der Waals surface area contributed by atoms with Crippen molar-refractivity contribution in [2.24, 2.45) is 0 Å². The molecule has 0 aromatic heterocycles. The van der Waals surface area contributed by atoms with E-state index in [0.29, 0.717) is 30.9 Å². The molecule has 0 fully saturated rings. The molecule has 4 heteroatoms. The molecule has 1 N–H and O–H groups in total. The van der Waals surface area contributed by atoms with Crippen molar-refractivity contribution in [1.82, 2.24) is 0 Å². The van der Waals surface area contributed by atoms with Gasteiger partial charge in [-0.1, -0.05) is 25.1 Å². The van der Waals surface area contributed by atoms with Crippen LogP contribution in [0.2, 0.25) is 0 Å². The third kappa shape index (κ3) is 4.97. The normalized spacial score (nSPS) is 10.4. The Kier molecular flexibility index (Phi) is 6.29. The van der Waals surface area contributed by atoms with E-state index in [4.69, 9.17) is 14.6 Å². The van der Waals surface area contributed by atoms with E-state index in [-0.39, 0.29) is 0 Å².